The maximum atomic E-state index is 12.7. The predicted octanol–water partition coefficient (Wildman–Crippen LogP) is 2.73. The van der Waals surface area contributed by atoms with E-state index in [0.717, 1.165) is 17.7 Å². The molecule has 1 amide bonds. The fourth-order valence-corrected chi connectivity index (χ4v) is 2.84. The highest BCUT2D eigenvalue weighted by atomic mass is 19.4. The number of nitrogens with zero attached hydrogens (tertiary/aromatic N) is 3. The molecule has 0 bridgehead atoms. The number of nitrogens with one attached hydrogen (secondary N) is 2. The Morgan fingerprint density at radius 3 is 2.32 bits per heavy atom. The Bertz CT molecular complexity index is 880. The van der Waals surface area contributed by atoms with Crippen molar-refractivity contribution >= 4 is 5.91 Å². The number of aromatic nitrogens is 4. The highest BCUT2D eigenvalue weighted by molar-refractivity contribution is 5.78. The minimum Gasteiger partial charge on any atom is -0.352 e. The zero-order valence-corrected chi connectivity index (χ0v) is 14.8. The van der Waals surface area contributed by atoms with Gasteiger partial charge in [-0.3, -0.25) is 4.79 Å². The van der Waals surface area contributed by atoms with E-state index in [2.05, 4.69) is 25.9 Å². The van der Waals surface area contributed by atoms with Crippen LogP contribution in [-0.2, 0) is 30.2 Å². The van der Waals surface area contributed by atoms with E-state index in [1.165, 1.54) is 12.1 Å². The van der Waals surface area contributed by atoms with Crippen LogP contribution in [0.1, 0.15) is 22.5 Å². The largest absolute Gasteiger partial charge is 0.416 e. The summed E-state index contributed by atoms with van der Waals surface area (Å²) < 4.78 is 38.2. The van der Waals surface area contributed by atoms with Gasteiger partial charge in [0.05, 0.1) is 12.0 Å². The van der Waals surface area contributed by atoms with Crippen LogP contribution in [0.3, 0.4) is 0 Å². The molecule has 0 spiro atoms. The summed E-state index contributed by atoms with van der Waals surface area (Å²) in [6.07, 6.45) is -3.53. The van der Waals surface area contributed by atoms with Crippen molar-refractivity contribution in [1.29, 1.82) is 0 Å². The summed E-state index contributed by atoms with van der Waals surface area (Å²) >= 11 is 0. The Balaban J connectivity index is 1.69. The molecule has 1 aromatic heterocycles. The Morgan fingerprint density at radius 2 is 1.71 bits per heavy atom. The number of hydrogen-bond acceptors (Lipinski definition) is 4. The molecule has 0 radical (unpaired) electrons. The molecule has 146 valence electrons. The molecular weight excluding hydrogens is 371 g/mol. The molecule has 1 heterocycles. The molecule has 1 atom stereocenters. The fraction of sp³-hybridized carbons (Fsp3) is 0.263. The van der Waals surface area contributed by atoms with Crippen molar-refractivity contribution in [2.75, 3.05) is 0 Å². The van der Waals surface area contributed by atoms with Crippen LogP contribution in [-0.4, -0.2) is 32.6 Å². The molecule has 0 aliphatic heterocycles. The number of carbonyl (C=O) groups is 1. The first-order valence-electron chi connectivity index (χ1n) is 8.62. The molecule has 3 aromatic rings. The summed E-state index contributed by atoms with van der Waals surface area (Å²) in [6.45, 7) is 0. The highest BCUT2D eigenvalue weighted by Gasteiger charge is 2.30. The molecule has 0 unspecified atom stereocenters. The lowest BCUT2D eigenvalue weighted by Gasteiger charge is -2.18. The van der Waals surface area contributed by atoms with Crippen LogP contribution in [0.2, 0.25) is 0 Å². The van der Waals surface area contributed by atoms with E-state index in [-0.39, 0.29) is 18.4 Å². The standard InChI is InChI=1S/C19H18F3N5O/c20-19(21,22)15-8-6-14(7-9-15)10-16(12-17-24-26-27-25-17)23-18(28)11-13-4-2-1-3-5-13/h1-9,16H,10-12H2,(H,23,28)(H,24,25,26,27)/t16-/m0/s1. The van der Waals surface area contributed by atoms with E-state index in [0.29, 0.717) is 24.2 Å². The van der Waals surface area contributed by atoms with E-state index in [4.69, 9.17) is 0 Å². The third-order valence-electron chi connectivity index (χ3n) is 4.15. The van der Waals surface area contributed by atoms with E-state index in [1.807, 2.05) is 30.3 Å². The van der Waals surface area contributed by atoms with E-state index < -0.39 is 11.7 Å². The summed E-state index contributed by atoms with van der Waals surface area (Å²) in [5.74, 6) is 0.225. The van der Waals surface area contributed by atoms with Crippen molar-refractivity contribution in [3.63, 3.8) is 0 Å². The highest BCUT2D eigenvalue weighted by Crippen LogP contribution is 2.29. The van der Waals surface area contributed by atoms with Gasteiger partial charge in [-0.25, -0.2) is 0 Å². The van der Waals surface area contributed by atoms with Gasteiger partial charge in [-0.05, 0) is 29.7 Å². The number of aromatic amines is 1. The molecule has 0 saturated carbocycles. The van der Waals surface area contributed by atoms with Gasteiger partial charge in [0.2, 0.25) is 5.91 Å². The van der Waals surface area contributed by atoms with Crippen LogP contribution in [0, 0.1) is 0 Å². The molecule has 2 N–H and O–H groups in total. The molecule has 0 fully saturated rings. The lowest BCUT2D eigenvalue weighted by molar-refractivity contribution is -0.137. The fourth-order valence-electron chi connectivity index (χ4n) is 2.84. The van der Waals surface area contributed by atoms with Crippen LogP contribution < -0.4 is 5.32 Å². The maximum Gasteiger partial charge on any atom is 0.416 e. The van der Waals surface area contributed by atoms with Gasteiger partial charge in [0, 0.05) is 12.5 Å². The van der Waals surface area contributed by atoms with Crippen molar-refractivity contribution in [1.82, 2.24) is 25.9 Å². The van der Waals surface area contributed by atoms with Gasteiger partial charge < -0.3 is 5.32 Å². The summed E-state index contributed by atoms with van der Waals surface area (Å²) in [7, 11) is 0. The number of amides is 1. The second-order valence-electron chi connectivity index (χ2n) is 6.36. The third kappa shape index (κ3) is 5.63. The van der Waals surface area contributed by atoms with Crippen molar-refractivity contribution in [3.8, 4) is 0 Å². The number of hydrogen-bond donors (Lipinski definition) is 2. The number of benzene rings is 2. The summed E-state index contributed by atoms with van der Waals surface area (Å²) in [5.41, 5.74) is 0.827. The van der Waals surface area contributed by atoms with E-state index in [9.17, 15) is 18.0 Å². The van der Waals surface area contributed by atoms with Crippen molar-refractivity contribution in [3.05, 3.63) is 77.1 Å². The van der Waals surface area contributed by atoms with Crippen LogP contribution in [0.4, 0.5) is 13.2 Å². The van der Waals surface area contributed by atoms with Crippen LogP contribution in [0.15, 0.2) is 54.6 Å². The van der Waals surface area contributed by atoms with E-state index in [1.54, 1.807) is 0 Å². The number of rotatable bonds is 7. The lowest BCUT2D eigenvalue weighted by Crippen LogP contribution is -2.39. The Labute approximate surface area is 159 Å². The quantitative estimate of drug-likeness (QED) is 0.651. The first-order valence-corrected chi connectivity index (χ1v) is 8.62. The van der Waals surface area contributed by atoms with E-state index >= 15 is 0 Å². The van der Waals surface area contributed by atoms with Gasteiger partial charge in [-0.2, -0.15) is 18.4 Å². The topological polar surface area (TPSA) is 83.6 Å². The first kappa shape index (κ1) is 19.5. The van der Waals surface area contributed by atoms with Crippen molar-refractivity contribution < 1.29 is 18.0 Å². The second kappa shape index (κ2) is 8.64. The SMILES string of the molecule is O=C(Cc1ccccc1)N[C@@H](Cc1ccc(C(F)(F)F)cc1)Cc1nn[nH]n1. The van der Waals surface area contributed by atoms with Gasteiger partial charge in [0.25, 0.3) is 0 Å². The Hall–Kier alpha value is -3.23. The smallest absolute Gasteiger partial charge is 0.352 e. The molecule has 0 aliphatic carbocycles. The molecule has 3 rings (SSSR count). The first-order chi connectivity index (χ1) is 13.4. The molecule has 2 aromatic carbocycles. The number of alkyl halides is 3. The Kier molecular flexibility index (Phi) is 6.03. The molecule has 9 heteroatoms. The number of halogens is 3. The summed E-state index contributed by atoms with van der Waals surface area (Å²) in [6, 6.07) is 13.8. The zero-order chi connectivity index (χ0) is 20.0. The molecular formula is C19H18F3N5O. The van der Waals surface area contributed by atoms with Gasteiger partial charge in [0.1, 0.15) is 0 Å². The van der Waals surface area contributed by atoms with Gasteiger partial charge in [-0.15, -0.1) is 10.2 Å². The van der Waals surface area contributed by atoms with Crippen LogP contribution >= 0.6 is 0 Å². The minimum absolute atomic E-state index is 0.188. The lowest BCUT2D eigenvalue weighted by atomic mass is 10.0. The average molecular weight is 389 g/mol. The van der Waals surface area contributed by atoms with Gasteiger partial charge >= 0.3 is 6.18 Å². The van der Waals surface area contributed by atoms with Crippen LogP contribution in [0.5, 0.6) is 0 Å². The normalized spacial score (nSPS) is 12.5. The van der Waals surface area contributed by atoms with Crippen LogP contribution in [0.25, 0.3) is 0 Å². The Morgan fingerprint density at radius 1 is 1.00 bits per heavy atom. The summed E-state index contributed by atoms with van der Waals surface area (Å²) in [5, 5.41) is 16.5. The predicted molar refractivity (Wildman–Crippen MR) is 95.1 cm³/mol. The third-order valence-corrected chi connectivity index (χ3v) is 4.15. The second-order valence-corrected chi connectivity index (χ2v) is 6.36. The molecule has 28 heavy (non-hydrogen) atoms. The monoisotopic (exact) mass is 389 g/mol. The van der Waals surface area contributed by atoms with Gasteiger partial charge in [-0.1, -0.05) is 47.7 Å². The van der Waals surface area contributed by atoms with Crippen molar-refractivity contribution in [2.45, 2.75) is 31.5 Å². The molecule has 0 saturated heterocycles. The van der Waals surface area contributed by atoms with Gasteiger partial charge in [0.15, 0.2) is 5.82 Å². The zero-order valence-electron chi connectivity index (χ0n) is 14.8. The maximum absolute atomic E-state index is 12.7. The number of tetrazole rings is 1. The summed E-state index contributed by atoms with van der Waals surface area (Å²) in [4.78, 5) is 12.4. The number of H-pyrrole nitrogens is 1. The average Bonchev–Trinajstić information content (AvgIpc) is 3.15. The molecule has 0 aliphatic rings. The minimum atomic E-state index is -4.38. The number of carbonyl (C=O) groups excluding carboxylic acids is 1. The van der Waals surface area contributed by atoms with Crippen molar-refractivity contribution in [2.24, 2.45) is 0 Å². The molecule has 6 nitrogen and oxygen atoms in total.